The molecule has 7 heteroatoms. The highest BCUT2D eigenvalue weighted by molar-refractivity contribution is 7.89. The number of methoxy groups -OCH3 is 1. The normalized spacial score (nSPS) is 29.7. The quantitative estimate of drug-likeness (QED) is 0.802. The molecule has 2 heterocycles. The molecule has 17 heavy (non-hydrogen) atoms. The lowest BCUT2D eigenvalue weighted by Gasteiger charge is -2.23. The van der Waals surface area contributed by atoms with E-state index in [4.69, 9.17) is 4.74 Å². The highest BCUT2D eigenvalue weighted by atomic mass is 35.5. The van der Waals surface area contributed by atoms with E-state index in [1.54, 1.807) is 4.31 Å². The summed E-state index contributed by atoms with van der Waals surface area (Å²) in [6.45, 7) is 1.56. The van der Waals surface area contributed by atoms with Crippen LogP contribution in [0, 0.1) is 0 Å². The Kier molecular flexibility index (Phi) is 5.66. The summed E-state index contributed by atoms with van der Waals surface area (Å²) >= 11 is 0. The van der Waals surface area contributed by atoms with Gasteiger partial charge in [0.2, 0.25) is 10.0 Å². The number of hydrogen-bond acceptors (Lipinski definition) is 4. The van der Waals surface area contributed by atoms with Crippen molar-refractivity contribution in [3.8, 4) is 0 Å². The van der Waals surface area contributed by atoms with Crippen LogP contribution in [0.5, 0.6) is 0 Å². The van der Waals surface area contributed by atoms with E-state index >= 15 is 0 Å². The van der Waals surface area contributed by atoms with Gasteiger partial charge in [-0.1, -0.05) is 0 Å². The lowest BCUT2D eigenvalue weighted by Crippen LogP contribution is -2.40. The van der Waals surface area contributed by atoms with Gasteiger partial charge in [-0.15, -0.1) is 12.4 Å². The SMILES string of the molecule is COCCS(=O)(=O)N1CCC2CCC(C1)N2.Cl. The summed E-state index contributed by atoms with van der Waals surface area (Å²) in [5, 5.41) is 3.47. The fraction of sp³-hybridized carbons (Fsp3) is 1.00. The summed E-state index contributed by atoms with van der Waals surface area (Å²) in [4.78, 5) is 0. The minimum Gasteiger partial charge on any atom is -0.384 e. The van der Waals surface area contributed by atoms with E-state index in [0.717, 1.165) is 12.8 Å². The summed E-state index contributed by atoms with van der Waals surface area (Å²) in [6.07, 6.45) is 3.22. The first-order chi connectivity index (χ1) is 7.62. The Labute approximate surface area is 109 Å². The average Bonchev–Trinajstić information content (AvgIpc) is 2.54. The Morgan fingerprint density at radius 2 is 2.00 bits per heavy atom. The van der Waals surface area contributed by atoms with Crippen LogP contribution in [0.15, 0.2) is 0 Å². The second-order valence-corrected chi connectivity index (χ2v) is 6.68. The van der Waals surface area contributed by atoms with Gasteiger partial charge in [0.15, 0.2) is 0 Å². The lowest BCUT2D eigenvalue weighted by atomic mass is 10.1. The van der Waals surface area contributed by atoms with Crippen LogP contribution in [-0.4, -0.2) is 57.4 Å². The molecule has 0 saturated carbocycles. The van der Waals surface area contributed by atoms with Gasteiger partial charge in [0.05, 0.1) is 12.4 Å². The second-order valence-electron chi connectivity index (χ2n) is 4.59. The molecule has 0 aromatic heterocycles. The van der Waals surface area contributed by atoms with Crippen molar-refractivity contribution >= 4 is 22.4 Å². The summed E-state index contributed by atoms with van der Waals surface area (Å²) in [6, 6.07) is 0.873. The molecular weight excluding hydrogens is 264 g/mol. The molecule has 2 atom stereocenters. The monoisotopic (exact) mass is 284 g/mol. The molecule has 2 aliphatic rings. The molecule has 0 aliphatic carbocycles. The minimum atomic E-state index is -3.12. The molecule has 0 amide bonds. The molecule has 0 aromatic carbocycles. The zero-order valence-corrected chi connectivity index (χ0v) is 11.7. The van der Waals surface area contributed by atoms with E-state index in [0.29, 0.717) is 25.2 Å². The van der Waals surface area contributed by atoms with Crippen molar-refractivity contribution in [2.75, 3.05) is 32.6 Å². The van der Waals surface area contributed by atoms with Crippen molar-refractivity contribution in [3.63, 3.8) is 0 Å². The molecule has 2 bridgehead atoms. The Morgan fingerprint density at radius 3 is 2.71 bits per heavy atom. The predicted octanol–water partition coefficient (Wildman–Crippen LogP) is 0.211. The number of halogens is 1. The first-order valence-corrected chi connectivity index (χ1v) is 7.45. The molecule has 102 valence electrons. The van der Waals surface area contributed by atoms with Crippen molar-refractivity contribution in [1.29, 1.82) is 0 Å². The van der Waals surface area contributed by atoms with Gasteiger partial charge in [0, 0.05) is 32.3 Å². The minimum absolute atomic E-state index is 0. The third-order valence-corrected chi connectivity index (χ3v) is 5.23. The molecule has 2 aliphatic heterocycles. The molecule has 2 fully saturated rings. The molecule has 2 unspecified atom stereocenters. The molecule has 2 rings (SSSR count). The van der Waals surface area contributed by atoms with Gasteiger partial charge in [0.1, 0.15) is 0 Å². The Balaban J connectivity index is 0.00000144. The maximum Gasteiger partial charge on any atom is 0.216 e. The molecule has 1 N–H and O–H groups in total. The molecule has 0 aromatic rings. The summed E-state index contributed by atoms with van der Waals surface area (Å²) < 4.78 is 30.5. The molecule has 5 nitrogen and oxygen atoms in total. The fourth-order valence-corrected chi connectivity index (χ4v) is 3.91. The fourth-order valence-electron chi connectivity index (χ4n) is 2.48. The number of ether oxygens (including phenoxy) is 1. The van der Waals surface area contributed by atoms with Crippen molar-refractivity contribution in [3.05, 3.63) is 0 Å². The van der Waals surface area contributed by atoms with Crippen LogP contribution >= 0.6 is 12.4 Å². The van der Waals surface area contributed by atoms with Crippen LogP contribution < -0.4 is 5.32 Å². The van der Waals surface area contributed by atoms with Crippen LogP contribution in [0.4, 0.5) is 0 Å². The van der Waals surface area contributed by atoms with Crippen molar-refractivity contribution < 1.29 is 13.2 Å². The third kappa shape index (κ3) is 3.79. The van der Waals surface area contributed by atoms with Crippen molar-refractivity contribution in [1.82, 2.24) is 9.62 Å². The molecule has 0 radical (unpaired) electrons. The van der Waals surface area contributed by atoms with E-state index < -0.39 is 10.0 Å². The van der Waals surface area contributed by atoms with Gasteiger partial charge in [-0.3, -0.25) is 0 Å². The highest BCUT2D eigenvalue weighted by Crippen LogP contribution is 2.22. The van der Waals surface area contributed by atoms with E-state index in [1.165, 1.54) is 13.5 Å². The zero-order chi connectivity index (χ0) is 11.6. The van der Waals surface area contributed by atoms with Gasteiger partial charge in [-0.05, 0) is 19.3 Å². The Bertz CT molecular complexity index is 336. The van der Waals surface area contributed by atoms with Gasteiger partial charge in [-0.2, -0.15) is 0 Å². The summed E-state index contributed by atoms with van der Waals surface area (Å²) in [5.74, 6) is 0.0981. The third-order valence-electron chi connectivity index (χ3n) is 3.42. The highest BCUT2D eigenvalue weighted by Gasteiger charge is 2.33. The first-order valence-electron chi connectivity index (χ1n) is 5.84. The number of sulfonamides is 1. The van der Waals surface area contributed by atoms with Crippen LogP contribution in [0.2, 0.25) is 0 Å². The van der Waals surface area contributed by atoms with Crippen LogP contribution in [0.3, 0.4) is 0 Å². The molecule has 0 spiro atoms. The van der Waals surface area contributed by atoms with Crippen molar-refractivity contribution in [2.45, 2.75) is 31.3 Å². The number of rotatable bonds is 4. The largest absolute Gasteiger partial charge is 0.384 e. The molecule has 2 saturated heterocycles. The Morgan fingerprint density at radius 1 is 1.29 bits per heavy atom. The van der Waals surface area contributed by atoms with Crippen LogP contribution in [-0.2, 0) is 14.8 Å². The van der Waals surface area contributed by atoms with Crippen LogP contribution in [0.1, 0.15) is 19.3 Å². The Hall–Kier alpha value is 0.120. The molecular formula is C10H21ClN2O3S. The van der Waals surface area contributed by atoms with E-state index in [2.05, 4.69) is 5.32 Å². The maximum atomic E-state index is 12.0. The topological polar surface area (TPSA) is 58.6 Å². The van der Waals surface area contributed by atoms with Gasteiger partial charge in [0.25, 0.3) is 0 Å². The average molecular weight is 285 g/mol. The van der Waals surface area contributed by atoms with Gasteiger partial charge in [-0.25, -0.2) is 12.7 Å². The number of fused-ring (bicyclic) bond motifs is 2. The zero-order valence-electron chi connectivity index (χ0n) is 10.1. The number of nitrogens with one attached hydrogen (secondary N) is 1. The van der Waals surface area contributed by atoms with E-state index in [1.807, 2.05) is 0 Å². The van der Waals surface area contributed by atoms with Crippen LogP contribution in [0.25, 0.3) is 0 Å². The number of hydrogen-bond donors (Lipinski definition) is 1. The smallest absolute Gasteiger partial charge is 0.216 e. The summed E-state index contributed by atoms with van der Waals surface area (Å²) in [5.41, 5.74) is 0. The maximum absolute atomic E-state index is 12.0. The standard InChI is InChI=1S/C10H20N2O3S.ClH/c1-15-6-7-16(13,14)12-5-4-9-2-3-10(8-12)11-9;/h9-11H,2-8H2,1H3;1H. The van der Waals surface area contributed by atoms with Crippen molar-refractivity contribution in [2.24, 2.45) is 0 Å². The van der Waals surface area contributed by atoms with Gasteiger partial charge < -0.3 is 10.1 Å². The first kappa shape index (κ1) is 15.2. The predicted molar refractivity (Wildman–Crippen MR) is 69.0 cm³/mol. The summed E-state index contributed by atoms with van der Waals surface area (Å²) in [7, 11) is -1.59. The van der Waals surface area contributed by atoms with Gasteiger partial charge >= 0.3 is 0 Å². The van der Waals surface area contributed by atoms with E-state index in [9.17, 15) is 8.42 Å². The van der Waals surface area contributed by atoms with E-state index in [-0.39, 0.29) is 24.8 Å². The second kappa shape index (κ2) is 6.33. The number of nitrogens with zero attached hydrogens (tertiary/aromatic N) is 1. The lowest BCUT2D eigenvalue weighted by molar-refractivity contribution is 0.215.